The molecule has 0 spiro atoms. The minimum Gasteiger partial charge on any atom is -0.379 e. The third-order valence-corrected chi connectivity index (χ3v) is 4.81. The fourth-order valence-corrected chi connectivity index (χ4v) is 3.42. The van der Waals surface area contributed by atoms with Gasteiger partial charge in [0.2, 0.25) is 0 Å². The van der Waals surface area contributed by atoms with Crippen LogP contribution in [0.4, 0.5) is 0 Å². The molecule has 0 aliphatic heterocycles. The van der Waals surface area contributed by atoms with Crippen LogP contribution in [0.2, 0.25) is 0 Å². The van der Waals surface area contributed by atoms with E-state index in [1.54, 1.807) is 22.7 Å². The molecule has 0 atom stereocenters. The van der Waals surface area contributed by atoms with Crippen LogP contribution in [-0.2, 0) is 31.8 Å². The second-order valence-electron chi connectivity index (χ2n) is 5.21. The first-order valence-corrected chi connectivity index (χ1v) is 10.2. The molecule has 134 valence electrons. The number of hydrogen-bond donors (Lipinski definition) is 0. The van der Waals surface area contributed by atoms with Gasteiger partial charge in [-0.2, -0.15) is 22.7 Å². The normalized spacial score (nSPS) is 11.2. The molecule has 0 bridgehead atoms. The summed E-state index contributed by atoms with van der Waals surface area (Å²) in [4.78, 5) is 0. The van der Waals surface area contributed by atoms with Gasteiger partial charge in [0.05, 0.1) is 52.9 Å². The molecule has 0 aromatic carbocycles. The largest absolute Gasteiger partial charge is 0.379 e. The van der Waals surface area contributed by atoms with E-state index in [1.807, 2.05) is 0 Å². The first-order chi connectivity index (χ1) is 11.9. The second-order valence-corrected chi connectivity index (χ2v) is 6.77. The highest BCUT2D eigenvalue weighted by Crippen LogP contribution is 2.07. The van der Waals surface area contributed by atoms with Gasteiger partial charge < -0.3 is 18.9 Å². The predicted molar refractivity (Wildman–Crippen MR) is 99.3 cm³/mol. The maximum atomic E-state index is 5.53. The summed E-state index contributed by atoms with van der Waals surface area (Å²) in [6.07, 6.45) is 1.94. The van der Waals surface area contributed by atoms with Crippen molar-refractivity contribution < 1.29 is 18.9 Å². The lowest BCUT2D eigenvalue weighted by Gasteiger charge is -2.07. The standard InChI is InChI=1S/C18H26O4S2/c1(17-3-13-23-15-17)5-19-7-9-21-11-12-22-10-8-20-6-2-18-4-14-24-16-18/h3-4,13-16H,1-2,5-12H2. The quantitative estimate of drug-likeness (QED) is 0.448. The topological polar surface area (TPSA) is 36.9 Å². The average molecular weight is 371 g/mol. The number of ether oxygens (including phenoxy) is 4. The fourth-order valence-electron chi connectivity index (χ4n) is 2.01. The monoisotopic (exact) mass is 370 g/mol. The van der Waals surface area contributed by atoms with Crippen molar-refractivity contribution in [2.75, 3.05) is 52.9 Å². The Kier molecular flexibility index (Phi) is 11.0. The number of rotatable bonds is 15. The molecule has 0 radical (unpaired) electrons. The molecule has 2 heterocycles. The van der Waals surface area contributed by atoms with E-state index in [1.165, 1.54) is 11.1 Å². The zero-order valence-corrected chi connectivity index (χ0v) is 15.6. The van der Waals surface area contributed by atoms with Crippen LogP contribution < -0.4 is 0 Å². The second kappa shape index (κ2) is 13.5. The Balaban J connectivity index is 1.25. The van der Waals surface area contributed by atoms with Gasteiger partial charge in [-0.25, -0.2) is 0 Å². The van der Waals surface area contributed by atoms with Gasteiger partial charge in [0.25, 0.3) is 0 Å². The maximum Gasteiger partial charge on any atom is 0.0701 e. The van der Waals surface area contributed by atoms with Gasteiger partial charge in [-0.1, -0.05) is 0 Å². The molecule has 0 saturated carbocycles. The van der Waals surface area contributed by atoms with E-state index in [0.29, 0.717) is 39.6 Å². The molecule has 0 aliphatic rings. The molecule has 0 aliphatic carbocycles. The van der Waals surface area contributed by atoms with Crippen molar-refractivity contribution >= 4 is 22.7 Å². The Morgan fingerprint density at radius 3 is 1.25 bits per heavy atom. The summed E-state index contributed by atoms with van der Waals surface area (Å²) < 4.78 is 22.0. The molecule has 6 heteroatoms. The molecular formula is C18H26O4S2. The lowest BCUT2D eigenvalue weighted by atomic mass is 10.3. The molecule has 2 aromatic rings. The highest BCUT2D eigenvalue weighted by molar-refractivity contribution is 7.08. The van der Waals surface area contributed by atoms with Gasteiger partial charge in [0, 0.05) is 0 Å². The smallest absolute Gasteiger partial charge is 0.0701 e. The summed E-state index contributed by atoms with van der Waals surface area (Å²) in [5.74, 6) is 0. The molecule has 2 rings (SSSR count). The van der Waals surface area contributed by atoms with E-state index in [0.717, 1.165) is 26.1 Å². The van der Waals surface area contributed by atoms with Gasteiger partial charge in [-0.05, 0) is 57.6 Å². The first kappa shape index (κ1) is 19.6. The Hall–Kier alpha value is -0.760. The molecule has 0 unspecified atom stereocenters. The highest BCUT2D eigenvalue weighted by Gasteiger charge is 1.96. The zero-order chi connectivity index (χ0) is 16.7. The highest BCUT2D eigenvalue weighted by atomic mass is 32.1. The van der Waals surface area contributed by atoms with E-state index in [-0.39, 0.29) is 0 Å². The van der Waals surface area contributed by atoms with Crippen LogP contribution in [-0.4, -0.2) is 52.9 Å². The van der Waals surface area contributed by atoms with E-state index >= 15 is 0 Å². The molecule has 0 amide bonds. The van der Waals surface area contributed by atoms with Gasteiger partial charge in [-0.15, -0.1) is 0 Å². The van der Waals surface area contributed by atoms with Gasteiger partial charge in [0.15, 0.2) is 0 Å². The summed E-state index contributed by atoms with van der Waals surface area (Å²) in [6, 6.07) is 4.27. The SMILES string of the molecule is c1cc(CCOCCOCCOCCOCCc2ccsc2)cs1. The third-order valence-electron chi connectivity index (χ3n) is 3.35. The van der Waals surface area contributed by atoms with Gasteiger partial charge in [0.1, 0.15) is 0 Å². The summed E-state index contributed by atoms with van der Waals surface area (Å²) >= 11 is 3.44. The van der Waals surface area contributed by atoms with Crippen molar-refractivity contribution in [1.82, 2.24) is 0 Å². The summed E-state index contributed by atoms with van der Waals surface area (Å²) in [6.45, 7) is 5.20. The summed E-state index contributed by atoms with van der Waals surface area (Å²) in [7, 11) is 0. The van der Waals surface area contributed by atoms with Crippen LogP contribution in [0.25, 0.3) is 0 Å². The van der Waals surface area contributed by atoms with Crippen LogP contribution in [0.1, 0.15) is 11.1 Å². The number of hydrogen-bond acceptors (Lipinski definition) is 6. The van der Waals surface area contributed by atoms with Crippen molar-refractivity contribution in [2.45, 2.75) is 12.8 Å². The third kappa shape index (κ3) is 9.52. The van der Waals surface area contributed by atoms with Crippen LogP contribution in [0, 0.1) is 0 Å². The lowest BCUT2D eigenvalue weighted by molar-refractivity contribution is -0.00115. The minimum absolute atomic E-state index is 0.600. The molecule has 0 N–H and O–H groups in total. The molecular weight excluding hydrogens is 344 g/mol. The van der Waals surface area contributed by atoms with E-state index in [2.05, 4.69) is 33.7 Å². The average Bonchev–Trinajstić information content (AvgIpc) is 3.28. The Labute approximate surface area is 152 Å². The van der Waals surface area contributed by atoms with Crippen molar-refractivity contribution in [1.29, 1.82) is 0 Å². The zero-order valence-electron chi connectivity index (χ0n) is 14.0. The van der Waals surface area contributed by atoms with Crippen LogP contribution in [0.5, 0.6) is 0 Å². The minimum atomic E-state index is 0.600. The number of thiophene rings is 2. The lowest BCUT2D eigenvalue weighted by Crippen LogP contribution is -2.12. The summed E-state index contributed by atoms with van der Waals surface area (Å²) in [5.41, 5.74) is 2.68. The van der Waals surface area contributed by atoms with E-state index < -0.39 is 0 Å². The maximum absolute atomic E-state index is 5.53. The van der Waals surface area contributed by atoms with Crippen molar-refractivity contribution in [3.8, 4) is 0 Å². The van der Waals surface area contributed by atoms with Crippen LogP contribution >= 0.6 is 22.7 Å². The summed E-state index contributed by atoms with van der Waals surface area (Å²) in [5, 5.41) is 8.49. The van der Waals surface area contributed by atoms with E-state index in [9.17, 15) is 0 Å². The fraction of sp³-hybridized carbons (Fsp3) is 0.556. The van der Waals surface area contributed by atoms with Crippen LogP contribution in [0.15, 0.2) is 33.7 Å². The van der Waals surface area contributed by atoms with Crippen molar-refractivity contribution in [3.63, 3.8) is 0 Å². The Morgan fingerprint density at radius 1 is 0.542 bits per heavy atom. The molecule has 4 nitrogen and oxygen atoms in total. The van der Waals surface area contributed by atoms with Crippen molar-refractivity contribution in [3.05, 3.63) is 44.8 Å². The Morgan fingerprint density at radius 2 is 0.917 bits per heavy atom. The molecule has 2 aromatic heterocycles. The van der Waals surface area contributed by atoms with Gasteiger partial charge in [-0.3, -0.25) is 0 Å². The molecule has 0 saturated heterocycles. The molecule has 24 heavy (non-hydrogen) atoms. The van der Waals surface area contributed by atoms with Gasteiger partial charge >= 0.3 is 0 Å². The first-order valence-electron chi connectivity index (χ1n) is 8.28. The molecule has 0 fully saturated rings. The Bertz CT molecular complexity index is 439. The van der Waals surface area contributed by atoms with Crippen LogP contribution in [0.3, 0.4) is 0 Å². The van der Waals surface area contributed by atoms with E-state index in [4.69, 9.17) is 18.9 Å². The van der Waals surface area contributed by atoms with Crippen molar-refractivity contribution in [2.24, 2.45) is 0 Å². The predicted octanol–water partition coefficient (Wildman–Crippen LogP) is 3.66.